The lowest BCUT2D eigenvalue weighted by molar-refractivity contribution is 0.0353. The number of rotatable bonds is 6. The van der Waals surface area contributed by atoms with Gasteiger partial charge in [0.15, 0.2) is 5.96 Å². The summed E-state index contributed by atoms with van der Waals surface area (Å²) in [4.78, 5) is 9.62. The molecule has 6 heteroatoms. The average Bonchev–Trinajstić information content (AvgIpc) is 3.48. The maximum Gasteiger partial charge on any atom is 0.193 e. The Kier molecular flexibility index (Phi) is 7.08. The third-order valence-electron chi connectivity index (χ3n) is 6.89. The summed E-state index contributed by atoms with van der Waals surface area (Å²) < 4.78 is 5.70. The molecule has 0 aliphatic carbocycles. The minimum Gasteiger partial charge on any atom is -0.381 e. The van der Waals surface area contributed by atoms with Crippen molar-refractivity contribution >= 4 is 5.96 Å². The van der Waals surface area contributed by atoms with E-state index in [2.05, 4.69) is 74.8 Å². The molecule has 2 atom stereocenters. The Morgan fingerprint density at radius 1 is 1.20 bits per heavy atom. The van der Waals surface area contributed by atoms with Crippen LogP contribution in [0.2, 0.25) is 0 Å². The van der Waals surface area contributed by atoms with Crippen LogP contribution in [0.3, 0.4) is 0 Å². The van der Waals surface area contributed by atoms with Crippen LogP contribution in [-0.4, -0.2) is 80.3 Å². The number of hydrogen-bond donors (Lipinski definition) is 2. The molecule has 0 radical (unpaired) electrons. The fourth-order valence-electron chi connectivity index (χ4n) is 5.02. The molecule has 0 bridgehead atoms. The number of nitrogens with zero attached hydrogens (tertiary/aromatic N) is 3. The molecule has 164 valence electrons. The van der Waals surface area contributed by atoms with E-state index in [0.717, 1.165) is 64.7 Å². The van der Waals surface area contributed by atoms with Crippen molar-refractivity contribution < 1.29 is 4.74 Å². The fraction of sp³-hybridized carbons (Fsp3) is 0.625. The van der Waals surface area contributed by atoms with Gasteiger partial charge in [-0.15, -0.1) is 0 Å². The lowest BCUT2D eigenvalue weighted by Gasteiger charge is -2.41. The number of likely N-dealkylation sites (tertiary alicyclic amines) is 1. The number of guanidine groups is 1. The molecule has 3 heterocycles. The van der Waals surface area contributed by atoms with Gasteiger partial charge in [-0.2, -0.15) is 0 Å². The van der Waals surface area contributed by atoms with Crippen molar-refractivity contribution in [3.8, 4) is 0 Å². The van der Waals surface area contributed by atoms with E-state index >= 15 is 0 Å². The molecule has 6 nitrogen and oxygen atoms in total. The minimum atomic E-state index is 0.0153. The molecule has 1 aromatic rings. The Balaban J connectivity index is 1.37. The summed E-state index contributed by atoms with van der Waals surface area (Å²) >= 11 is 0. The van der Waals surface area contributed by atoms with E-state index in [-0.39, 0.29) is 5.54 Å². The summed E-state index contributed by atoms with van der Waals surface area (Å²) in [6, 6.07) is 11.6. The highest BCUT2D eigenvalue weighted by atomic mass is 16.5. The molecular formula is C24H37N5O. The zero-order valence-electron chi connectivity index (χ0n) is 18.5. The first-order chi connectivity index (χ1) is 14.7. The molecule has 2 N–H and O–H groups in total. The van der Waals surface area contributed by atoms with Crippen LogP contribution in [0.5, 0.6) is 0 Å². The van der Waals surface area contributed by atoms with Crippen molar-refractivity contribution in [2.24, 2.45) is 4.99 Å². The highest BCUT2D eigenvalue weighted by Crippen LogP contribution is 2.25. The Labute approximate surface area is 181 Å². The molecule has 3 aliphatic heterocycles. The normalized spacial score (nSPS) is 25.6. The van der Waals surface area contributed by atoms with E-state index in [4.69, 9.17) is 4.74 Å². The molecule has 30 heavy (non-hydrogen) atoms. The van der Waals surface area contributed by atoms with E-state index in [0.29, 0.717) is 12.1 Å². The van der Waals surface area contributed by atoms with E-state index in [1.54, 1.807) is 0 Å². The molecule has 0 amide bonds. The molecule has 3 aliphatic rings. The Morgan fingerprint density at radius 2 is 1.93 bits per heavy atom. The quantitative estimate of drug-likeness (QED) is 0.428. The molecule has 2 unspecified atom stereocenters. The summed E-state index contributed by atoms with van der Waals surface area (Å²) in [6.45, 7) is 9.06. The number of benzene rings is 1. The van der Waals surface area contributed by atoms with Crippen LogP contribution < -0.4 is 10.6 Å². The Hall–Kier alpha value is -1.89. The second-order valence-electron chi connectivity index (χ2n) is 8.88. The van der Waals surface area contributed by atoms with E-state index in [1.807, 2.05) is 7.05 Å². The van der Waals surface area contributed by atoms with Crippen LogP contribution >= 0.6 is 0 Å². The molecule has 4 rings (SSSR count). The van der Waals surface area contributed by atoms with Crippen molar-refractivity contribution in [3.05, 3.63) is 48.0 Å². The third kappa shape index (κ3) is 5.05. The smallest absolute Gasteiger partial charge is 0.193 e. The van der Waals surface area contributed by atoms with Crippen molar-refractivity contribution in [1.29, 1.82) is 0 Å². The predicted octanol–water partition coefficient (Wildman–Crippen LogP) is 2.41. The molecule has 0 aromatic heterocycles. The number of aliphatic imine (C=N–C) groups is 1. The molecule has 2 fully saturated rings. The zero-order chi connectivity index (χ0) is 20.8. The maximum absolute atomic E-state index is 5.70. The van der Waals surface area contributed by atoms with Gasteiger partial charge in [0.2, 0.25) is 0 Å². The van der Waals surface area contributed by atoms with Gasteiger partial charge < -0.3 is 20.3 Å². The molecule has 2 saturated heterocycles. The first kappa shape index (κ1) is 21.3. The molecule has 1 aromatic carbocycles. The highest BCUT2D eigenvalue weighted by molar-refractivity contribution is 5.80. The number of hydrogen-bond acceptors (Lipinski definition) is 4. The monoisotopic (exact) mass is 411 g/mol. The Morgan fingerprint density at radius 3 is 2.63 bits per heavy atom. The highest BCUT2D eigenvalue weighted by Gasteiger charge is 2.35. The minimum absolute atomic E-state index is 0.0153. The third-order valence-corrected chi connectivity index (χ3v) is 6.89. The number of ether oxygens (including phenoxy) is 1. The van der Waals surface area contributed by atoms with Gasteiger partial charge in [-0.25, -0.2) is 0 Å². The zero-order valence-corrected chi connectivity index (χ0v) is 18.5. The van der Waals surface area contributed by atoms with Gasteiger partial charge in [-0.1, -0.05) is 42.5 Å². The van der Waals surface area contributed by atoms with E-state index < -0.39 is 0 Å². The summed E-state index contributed by atoms with van der Waals surface area (Å²) in [6.07, 6.45) is 7.80. The Bertz CT molecular complexity index is 720. The van der Waals surface area contributed by atoms with Crippen LogP contribution in [-0.2, 0) is 4.74 Å². The largest absolute Gasteiger partial charge is 0.381 e. The van der Waals surface area contributed by atoms with Gasteiger partial charge in [-0.05, 0) is 31.7 Å². The number of nitrogens with one attached hydrogen (secondary N) is 2. The summed E-state index contributed by atoms with van der Waals surface area (Å²) in [5.41, 5.74) is 1.34. The summed E-state index contributed by atoms with van der Waals surface area (Å²) in [5, 5.41) is 7.65. The second-order valence-corrected chi connectivity index (χ2v) is 8.88. The maximum atomic E-state index is 5.70. The predicted molar refractivity (Wildman–Crippen MR) is 123 cm³/mol. The first-order valence-electron chi connectivity index (χ1n) is 11.4. The van der Waals surface area contributed by atoms with Crippen LogP contribution in [0.1, 0.15) is 37.8 Å². The van der Waals surface area contributed by atoms with E-state index in [9.17, 15) is 0 Å². The van der Waals surface area contributed by atoms with Crippen LogP contribution in [0, 0.1) is 0 Å². The lowest BCUT2D eigenvalue weighted by atomic mass is 9.88. The van der Waals surface area contributed by atoms with Gasteiger partial charge in [0, 0.05) is 70.6 Å². The van der Waals surface area contributed by atoms with Gasteiger partial charge in [0.25, 0.3) is 0 Å². The summed E-state index contributed by atoms with van der Waals surface area (Å²) in [7, 11) is 1.91. The lowest BCUT2D eigenvalue weighted by Crippen LogP contribution is -2.58. The topological polar surface area (TPSA) is 52.1 Å². The fourth-order valence-corrected chi connectivity index (χ4v) is 5.02. The average molecular weight is 412 g/mol. The SMILES string of the molecule is CN=C(NCC1(NC(C)c2ccccc2)CCOCC1)N1CCC(N2CC=CC2)C1. The van der Waals surface area contributed by atoms with Crippen molar-refractivity contribution in [2.75, 3.05) is 53.0 Å². The van der Waals surface area contributed by atoms with Gasteiger partial charge in [0.1, 0.15) is 0 Å². The molecular weight excluding hydrogens is 374 g/mol. The van der Waals surface area contributed by atoms with Crippen molar-refractivity contribution in [2.45, 2.75) is 43.8 Å². The van der Waals surface area contributed by atoms with Crippen LogP contribution in [0.25, 0.3) is 0 Å². The summed E-state index contributed by atoms with van der Waals surface area (Å²) in [5.74, 6) is 1.03. The molecule has 0 spiro atoms. The van der Waals surface area contributed by atoms with Crippen LogP contribution in [0.4, 0.5) is 0 Å². The molecule has 0 saturated carbocycles. The standard InChI is InChI=1S/C24H37N5O/c1-20(21-8-4-3-5-9-21)27-24(11-16-30-17-12-24)19-26-23(25-2)29-15-10-22(18-29)28-13-6-7-14-28/h3-9,20,22,27H,10-19H2,1-2H3,(H,25,26). The van der Waals surface area contributed by atoms with E-state index in [1.165, 1.54) is 12.0 Å². The van der Waals surface area contributed by atoms with Crippen molar-refractivity contribution in [3.63, 3.8) is 0 Å². The van der Waals surface area contributed by atoms with Crippen molar-refractivity contribution in [1.82, 2.24) is 20.4 Å². The van der Waals surface area contributed by atoms with Gasteiger partial charge in [0.05, 0.1) is 0 Å². The van der Waals surface area contributed by atoms with Crippen LogP contribution in [0.15, 0.2) is 47.5 Å². The van der Waals surface area contributed by atoms with Gasteiger partial charge >= 0.3 is 0 Å². The first-order valence-corrected chi connectivity index (χ1v) is 11.4. The van der Waals surface area contributed by atoms with Gasteiger partial charge in [-0.3, -0.25) is 9.89 Å². The second kappa shape index (κ2) is 9.94.